The quantitative estimate of drug-likeness (QED) is 0.712. The van der Waals surface area contributed by atoms with Crippen molar-refractivity contribution in [3.63, 3.8) is 0 Å². The van der Waals surface area contributed by atoms with Crippen LogP contribution in [0.2, 0.25) is 0 Å². The third kappa shape index (κ3) is 4.56. The highest BCUT2D eigenvalue weighted by molar-refractivity contribution is 7.89. The van der Waals surface area contributed by atoms with Crippen LogP contribution >= 0.6 is 11.3 Å². The molecule has 1 aromatic rings. The molecule has 5 nitrogen and oxygen atoms in total. The maximum Gasteiger partial charge on any atom is 0.212 e. The van der Waals surface area contributed by atoms with Crippen LogP contribution in [0.4, 0.5) is 0 Å². The highest BCUT2D eigenvalue weighted by Gasteiger charge is 2.16. The van der Waals surface area contributed by atoms with Gasteiger partial charge >= 0.3 is 0 Å². The lowest BCUT2D eigenvalue weighted by atomic mass is 10.4. The van der Waals surface area contributed by atoms with E-state index < -0.39 is 10.0 Å². The van der Waals surface area contributed by atoms with Crippen molar-refractivity contribution < 1.29 is 8.42 Å². The summed E-state index contributed by atoms with van der Waals surface area (Å²) in [6.07, 6.45) is 2.28. The van der Waals surface area contributed by atoms with E-state index in [0.717, 1.165) is 5.01 Å². The van der Waals surface area contributed by atoms with Crippen LogP contribution < -0.4 is 10.0 Å². The zero-order valence-corrected chi connectivity index (χ0v) is 11.1. The van der Waals surface area contributed by atoms with Crippen LogP contribution in [0, 0.1) is 0 Å². The van der Waals surface area contributed by atoms with Gasteiger partial charge in [0, 0.05) is 11.6 Å². The standard InChI is InChI=1S/C9H17N3O2S2/c1-8(9-11-5-6-15-9)12-16(13,14)7-3-4-10-2/h5-6,8,10,12H,3-4,7H2,1-2H3. The van der Waals surface area contributed by atoms with Gasteiger partial charge in [0.25, 0.3) is 0 Å². The largest absolute Gasteiger partial charge is 0.320 e. The van der Waals surface area contributed by atoms with Crippen LogP contribution in [-0.2, 0) is 10.0 Å². The van der Waals surface area contributed by atoms with Crippen molar-refractivity contribution in [3.05, 3.63) is 16.6 Å². The Morgan fingerprint density at radius 1 is 1.56 bits per heavy atom. The molecule has 0 fully saturated rings. The molecule has 1 heterocycles. The molecule has 0 aliphatic rings. The summed E-state index contributed by atoms with van der Waals surface area (Å²) in [6.45, 7) is 2.50. The molecule has 0 saturated carbocycles. The van der Waals surface area contributed by atoms with E-state index in [-0.39, 0.29) is 11.8 Å². The van der Waals surface area contributed by atoms with E-state index in [1.165, 1.54) is 11.3 Å². The lowest BCUT2D eigenvalue weighted by Crippen LogP contribution is -2.30. The Morgan fingerprint density at radius 2 is 2.31 bits per heavy atom. The first-order chi connectivity index (χ1) is 7.55. The second kappa shape index (κ2) is 6.29. The summed E-state index contributed by atoms with van der Waals surface area (Å²) in [5.74, 6) is 0.142. The van der Waals surface area contributed by atoms with Gasteiger partial charge in [0.1, 0.15) is 5.01 Å². The van der Waals surface area contributed by atoms with Crippen LogP contribution in [0.3, 0.4) is 0 Å². The van der Waals surface area contributed by atoms with E-state index in [1.807, 2.05) is 5.38 Å². The fraction of sp³-hybridized carbons (Fsp3) is 0.667. The molecule has 1 unspecified atom stereocenters. The van der Waals surface area contributed by atoms with E-state index in [0.29, 0.717) is 13.0 Å². The molecule has 0 radical (unpaired) electrons. The first kappa shape index (κ1) is 13.6. The smallest absolute Gasteiger partial charge is 0.212 e. The summed E-state index contributed by atoms with van der Waals surface area (Å²) in [5.41, 5.74) is 0. The highest BCUT2D eigenvalue weighted by atomic mass is 32.2. The van der Waals surface area contributed by atoms with Gasteiger partial charge in [0.2, 0.25) is 10.0 Å². The van der Waals surface area contributed by atoms with E-state index in [9.17, 15) is 8.42 Å². The summed E-state index contributed by atoms with van der Waals surface area (Å²) >= 11 is 1.45. The Hall–Kier alpha value is -0.500. The molecule has 16 heavy (non-hydrogen) atoms. The molecule has 0 bridgehead atoms. The Kier molecular flexibility index (Phi) is 5.33. The summed E-state index contributed by atoms with van der Waals surface area (Å²) in [7, 11) is -1.40. The average Bonchev–Trinajstić information content (AvgIpc) is 2.69. The van der Waals surface area contributed by atoms with Crippen LogP contribution in [0.15, 0.2) is 11.6 Å². The molecule has 0 aromatic carbocycles. The maximum atomic E-state index is 11.6. The molecule has 1 rings (SSSR count). The predicted octanol–water partition coefficient (Wildman–Crippen LogP) is 0.733. The van der Waals surface area contributed by atoms with Crippen molar-refractivity contribution in [2.45, 2.75) is 19.4 Å². The Bertz CT molecular complexity index is 389. The number of hydrogen-bond acceptors (Lipinski definition) is 5. The Labute approximate surface area is 100 Å². The first-order valence-electron chi connectivity index (χ1n) is 5.09. The monoisotopic (exact) mass is 263 g/mol. The van der Waals surface area contributed by atoms with E-state index in [1.54, 1.807) is 20.2 Å². The van der Waals surface area contributed by atoms with Gasteiger partial charge in [-0.05, 0) is 26.9 Å². The van der Waals surface area contributed by atoms with Crippen molar-refractivity contribution in [1.82, 2.24) is 15.0 Å². The third-order valence-electron chi connectivity index (χ3n) is 2.02. The molecule has 1 atom stereocenters. The molecule has 0 amide bonds. The van der Waals surface area contributed by atoms with Crippen molar-refractivity contribution >= 4 is 21.4 Å². The van der Waals surface area contributed by atoms with Gasteiger partial charge in [-0.25, -0.2) is 18.1 Å². The summed E-state index contributed by atoms with van der Waals surface area (Å²) in [6, 6.07) is -0.250. The van der Waals surface area contributed by atoms with Crippen molar-refractivity contribution in [2.75, 3.05) is 19.3 Å². The van der Waals surface area contributed by atoms with Crippen LogP contribution in [-0.4, -0.2) is 32.7 Å². The van der Waals surface area contributed by atoms with E-state index in [4.69, 9.17) is 0 Å². The summed E-state index contributed by atoms with van der Waals surface area (Å²) in [4.78, 5) is 4.08. The maximum absolute atomic E-state index is 11.6. The molecule has 0 aliphatic heterocycles. The minimum absolute atomic E-state index is 0.142. The lowest BCUT2D eigenvalue weighted by Gasteiger charge is -2.11. The van der Waals surface area contributed by atoms with Gasteiger partial charge in [-0.2, -0.15) is 0 Å². The second-order valence-corrected chi connectivity index (χ2v) is 6.29. The van der Waals surface area contributed by atoms with Crippen LogP contribution in [0.5, 0.6) is 0 Å². The van der Waals surface area contributed by atoms with E-state index >= 15 is 0 Å². The Morgan fingerprint density at radius 3 is 2.88 bits per heavy atom. The highest BCUT2D eigenvalue weighted by Crippen LogP contribution is 2.15. The molecular formula is C9H17N3O2S2. The van der Waals surface area contributed by atoms with Gasteiger partial charge < -0.3 is 5.32 Å². The van der Waals surface area contributed by atoms with Gasteiger partial charge in [-0.15, -0.1) is 11.3 Å². The van der Waals surface area contributed by atoms with Gasteiger partial charge in [-0.3, -0.25) is 0 Å². The minimum atomic E-state index is -3.20. The van der Waals surface area contributed by atoms with Gasteiger partial charge in [0.05, 0.1) is 11.8 Å². The molecule has 0 saturated heterocycles. The number of rotatable bonds is 7. The molecule has 0 aliphatic carbocycles. The SMILES string of the molecule is CNCCCS(=O)(=O)NC(C)c1nccs1. The third-order valence-corrected chi connectivity index (χ3v) is 4.52. The molecule has 1 aromatic heterocycles. The number of nitrogens with one attached hydrogen (secondary N) is 2. The first-order valence-corrected chi connectivity index (χ1v) is 7.62. The van der Waals surface area contributed by atoms with Gasteiger partial charge in [-0.1, -0.05) is 0 Å². The topological polar surface area (TPSA) is 71.1 Å². The fourth-order valence-electron chi connectivity index (χ4n) is 1.27. The number of nitrogens with zero attached hydrogens (tertiary/aromatic N) is 1. The van der Waals surface area contributed by atoms with Crippen LogP contribution in [0.1, 0.15) is 24.4 Å². The zero-order chi connectivity index (χ0) is 12.0. The molecule has 7 heteroatoms. The summed E-state index contributed by atoms with van der Waals surface area (Å²) < 4.78 is 25.9. The molecule has 0 spiro atoms. The van der Waals surface area contributed by atoms with Crippen molar-refractivity contribution in [1.29, 1.82) is 0 Å². The summed E-state index contributed by atoms with van der Waals surface area (Å²) in [5, 5.41) is 5.54. The normalized spacial score (nSPS) is 13.9. The fourth-order valence-corrected chi connectivity index (χ4v) is 3.28. The average molecular weight is 263 g/mol. The van der Waals surface area contributed by atoms with Crippen LogP contribution in [0.25, 0.3) is 0 Å². The number of hydrogen-bond donors (Lipinski definition) is 2. The number of sulfonamides is 1. The number of thiazole rings is 1. The molecular weight excluding hydrogens is 246 g/mol. The Balaban J connectivity index is 2.46. The molecule has 92 valence electrons. The number of aromatic nitrogens is 1. The van der Waals surface area contributed by atoms with Crippen molar-refractivity contribution in [3.8, 4) is 0 Å². The second-order valence-electron chi connectivity index (χ2n) is 3.49. The predicted molar refractivity (Wildman–Crippen MR) is 66.0 cm³/mol. The molecule has 2 N–H and O–H groups in total. The van der Waals surface area contributed by atoms with E-state index in [2.05, 4.69) is 15.0 Å². The van der Waals surface area contributed by atoms with Gasteiger partial charge in [0.15, 0.2) is 0 Å². The minimum Gasteiger partial charge on any atom is -0.320 e. The van der Waals surface area contributed by atoms with Crippen molar-refractivity contribution in [2.24, 2.45) is 0 Å². The lowest BCUT2D eigenvalue weighted by molar-refractivity contribution is 0.562. The zero-order valence-electron chi connectivity index (χ0n) is 9.43.